The molecule has 0 amide bonds. The van der Waals surface area contributed by atoms with Crippen molar-refractivity contribution in [1.29, 1.82) is 0 Å². The summed E-state index contributed by atoms with van der Waals surface area (Å²) >= 11 is 0. The molecule has 0 saturated carbocycles. The molecular weight excluding hydrogens is 299 g/mol. The van der Waals surface area contributed by atoms with Crippen LogP contribution < -0.4 is 0 Å². The molecule has 0 spiro atoms. The molecule has 5 aromatic carbocycles. The molecule has 0 heterocycles. The summed E-state index contributed by atoms with van der Waals surface area (Å²) < 4.78 is 0. The van der Waals surface area contributed by atoms with Gasteiger partial charge >= 0.3 is 0 Å². The Labute approximate surface area is 132 Å². The Morgan fingerprint density at radius 3 is 0.952 bits per heavy atom. The zero-order chi connectivity index (χ0) is 13.1. The number of rotatable bonds is 0. The summed E-state index contributed by atoms with van der Waals surface area (Å²) in [6.07, 6.45) is 0. The van der Waals surface area contributed by atoms with E-state index in [0.717, 1.165) is 0 Å². The number of benzene rings is 5. The van der Waals surface area contributed by atoms with Crippen molar-refractivity contribution in [1.82, 2.24) is 0 Å². The molecule has 0 aromatic heterocycles. The molecule has 0 aliphatic heterocycles. The monoisotopic (exact) mass is 310 g/mol. The van der Waals surface area contributed by atoms with Gasteiger partial charge in [-0.2, -0.15) is 0 Å². The standard InChI is InChI=1S/C20H12.Ni/c1-5-13-6-2-11-17-18-12-4-8-14-7-3-10-16(20(14)18)15(9-1)19(13)17;/h1-12H;. The second-order valence-corrected chi connectivity index (χ2v) is 5.42. The summed E-state index contributed by atoms with van der Waals surface area (Å²) in [4.78, 5) is 0. The number of hydrogen-bond acceptors (Lipinski definition) is 0. The van der Waals surface area contributed by atoms with Gasteiger partial charge in [-0.3, -0.25) is 0 Å². The second-order valence-electron chi connectivity index (χ2n) is 5.42. The average Bonchev–Trinajstić information content (AvgIpc) is 2.52. The fraction of sp³-hybridized carbons (Fsp3) is 0. The molecule has 0 nitrogen and oxygen atoms in total. The molecule has 0 unspecified atom stereocenters. The van der Waals surface area contributed by atoms with Crippen LogP contribution in [0.25, 0.3) is 43.1 Å². The Bertz CT molecular complexity index is 923. The predicted octanol–water partition coefficient (Wildman–Crippen LogP) is 5.73. The maximum atomic E-state index is 2.25. The summed E-state index contributed by atoms with van der Waals surface area (Å²) in [6, 6.07) is 26.4. The molecule has 0 fully saturated rings. The van der Waals surface area contributed by atoms with Crippen LogP contribution in [0.2, 0.25) is 0 Å². The molecule has 21 heavy (non-hydrogen) atoms. The van der Waals surface area contributed by atoms with Crippen LogP contribution in [0.1, 0.15) is 0 Å². The maximum Gasteiger partial charge on any atom is 0 e. The van der Waals surface area contributed by atoms with Crippen molar-refractivity contribution in [2.45, 2.75) is 0 Å². The molecule has 102 valence electrons. The van der Waals surface area contributed by atoms with Gasteiger partial charge in [-0.25, -0.2) is 0 Å². The molecule has 5 aromatic rings. The van der Waals surface area contributed by atoms with E-state index < -0.39 is 0 Å². The maximum absolute atomic E-state index is 2.25. The van der Waals surface area contributed by atoms with Gasteiger partial charge in [0.15, 0.2) is 0 Å². The summed E-state index contributed by atoms with van der Waals surface area (Å²) in [5, 5.41) is 10.9. The Balaban J connectivity index is 0.00000115. The second kappa shape index (κ2) is 4.45. The molecule has 0 N–H and O–H groups in total. The van der Waals surface area contributed by atoms with Crippen LogP contribution in [0.5, 0.6) is 0 Å². The molecular formula is C20H12Ni. The first-order valence-corrected chi connectivity index (χ1v) is 6.98. The molecule has 0 atom stereocenters. The normalized spacial score (nSPS) is 11.4. The van der Waals surface area contributed by atoms with Gasteiger partial charge in [0.05, 0.1) is 0 Å². The molecule has 1 heteroatoms. The van der Waals surface area contributed by atoms with Crippen molar-refractivity contribution >= 4 is 43.1 Å². The fourth-order valence-electron chi connectivity index (χ4n) is 3.58. The minimum absolute atomic E-state index is 0. The van der Waals surface area contributed by atoms with Gasteiger partial charge in [0.25, 0.3) is 0 Å². The Hall–Kier alpha value is -2.11. The minimum Gasteiger partial charge on any atom is -0.0610 e. The van der Waals surface area contributed by atoms with E-state index in [1.54, 1.807) is 0 Å². The van der Waals surface area contributed by atoms with Gasteiger partial charge in [-0.1, -0.05) is 72.8 Å². The van der Waals surface area contributed by atoms with Crippen LogP contribution in [0.4, 0.5) is 0 Å². The van der Waals surface area contributed by atoms with Gasteiger partial charge in [-0.05, 0) is 43.1 Å². The summed E-state index contributed by atoms with van der Waals surface area (Å²) in [6.45, 7) is 0. The largest absolute Gasteiger partial charge is 0.0610 e. The fourth-order valence-corrected chi connectivity index (χ4v) is 3.58. The minimum atomic E-state index is 0. The summed E-state index contributed by atoms with van der Waals surface area (Å²) in [5.41, 5.74) is 0. The zero-order valence-corrected chi connectivity index (χ0v) is 12.2. The van der Waals surface area contributed by atoms with Crippen LogP contribution in [-0.2, 0) is 16.5 Å². The van der Waals surface area contributed by atoms with Crippen molar-refractivity contribution in [3.05, 3.63) is 72.8 Å². The van der Waals surface area contributed by atoms with Crippen molar-refractivity contribution in [3.63, 3.8) is 0 Å². The van der Waals surface area contributed by atoms with Gasteiger partial charge < -0.3 is 0 Å². The molecule has 0 aliphatic carbocycles. The Morgan fingerprint density at radius 1 is 0.381 bits per heavy atom. The number of hydrogen-bond donors (Lipinski definition) is 0. The van der Waals surface area contributed by atoms with E-state index in [2.05, 4.69) is 72.8 Å². The third-order valence-electron chi connectivity index (χ3n) is 4.39. The topological polar surface area (TPSA) is 0 Å². The van der Waals surface area contributed by atoms with Crippen LogP contribution in [0.3, 0.4) is 0 Å². The van der Waals surface area contributed by atoms with Gasteiger partial charge in [0.1, 0.15) is 0 Å². The third kappa shape index (κ3) is 1.56. The van der Waals surface area contributed by atoms with E-state index in [1.807, 2.05) is 0 Å². The Kier molecular flexibility index (Phi) is 2.67. The average molecular weight is 311 g/mol. The van der Waals surface area contributed by atoms with Crippen molar-refractivity contribution < 1.29 is 16.5 Å². The van der Waals surface area contributed by atoms with Crippen LogP contribution >= 0.6 is 0 Å². The van der Waals surface area contributed by atoms with Crippen molar-refractivity contribution in [2.24, 2.45) is 0 Å². The number of fused-ring (bicyclic) bond motifs is 2. The predicted molar refractivity (Wildman–Crippen MR) is 87.7 cm³/mol. The SMILES string of the molecule is [Ni].c1cc2cccc3c4cccc5cccc(c(c1)c23)c54. The van der Waals surface area contributed by atoms with Crippen LogP contribution in [-0.4, -0.2) is 0 Å². The third-order valence-corrected chi connectivity index (χ3v) is 4.39. The molecule has 0 saturated heterocycles. The van der Waals surface area contributed by atoms with Crippen molar-refractivity contribution in [3.8, 4) is 0 Å². The van der Waals surface area contributed by atoms with Gasteiger partial charge in [0.2, 0.25) is 0 Å². The van der Waals surface area contributed by atoms with E-state index in [4.69, 9.17) is 0 Å². The van der Waals surface area contributed by atoms with Crippen LogP contribution in [0.15, 0.2) is 72.8 Å². The van der Waals surface area contributed by atoms with E-state index in [1.165, 1.54) is 43.1 Å². The van der Waals surface area contributed by atoms with E-state index in [0.29, 0.717) is 0 Å². The smallest absolute Gasteiger partial charge is 0 e. The summed E-state index contributed by atoms with van der Waals surface area (Å²) in [7, 11) is 0. The molecule has 0 radical (unpaired) electrons. The Morgan fingerprint density at radius 2 is 0.667 bits per heavy atom. The molecule has 0 bridgehead atoms. The van der Waals surface area contributed by atoms with E-state index >= 15 is 0 Å². The first kappa shape index (κ1) is 12.6. The first-order valence-electron chi connectivity index (χ1n) is 6.98. The van der Waals surface area contributed by atoms with Crippen LogP contribution in [0, 0.1) is 0 Å². The zero-order valence-electron chi connectivity index (χ0n) is 11.2. The quantitative estimate of drug-likeness (QED) is 0.194. The first-order chi connectivity index (χ1) is 9.93. The molecule has 5 rings (SSSR count). The van der Waals surface area contributed by atoms with Gasteiger partial charge in [-0.15, -0.1) is 0 Å². The molecule has 0 aliphatic rings. The summed E-state index contributed by atoms with van der Waals surface area (Å²) in [5.74, 6) is 0. The van der Waals surface area contributed by atoms with Crippen molar-refractivity contribution in [2.75, 3.05) is 0 Å². The van der Waals surface area contributed by atoms with E-state index in [-0.39, 0.29) is 16.5 Å². The van der Waals surface area contributed by atoms with E-state index in [9.17, 15) is 0 Å². The van der Waals surface area contributed by atoms with Gasteiger partial charge in [0, 0.05) is 16.5 Å².